The van der Waals surface area contributed by atoms with Gasteiger partial charge in [-0.15, -0.1) is 0 Å². The molecule has 0 saturated carbocycles. The van der Waals surface area contributed by atoms with Crippen molar-refractivity contribution in [2.24, 2.45) is 0 Å². The molecule has 0 spiro atoms. The van der Waals surface area contributed by atoms with Crippen molar-refractivity contribution in [3.05, 3.63) is 28.8 Å². The maximum atomic E-state index is 12.7. The summed E-state index contributed by atoms with van der Waals surface area (Å²) in [6, 6.07) is 3.14. The second-order valence-electron chi connectivity index (χ2n) is 6.58. The number of carbonyl (C=O) groups is 2. The van der Waals surface area contributed by atoms with Gasteiger partial charge in [-0.3, -0.25) is 4.79 Å². The van der Waals surface area contributed by atoms with Gasteiger partial charge in [0, 0.05) is 12.6 Å². The van der Waals surface area contributed by atoms with Gasteiger partial charge >= 0.3 is 5.97 Å². The van der Waals surface area contributed by atoms with Crippen molar-refractivity contribution in [2.45, 2.75) is 37.3 Å². The van der Waals surface area contributed by atoms with Gasteiger partial charge in [0.2, 0.25) is 10.0 Å². The summed E-state index contributed by atoms with van der Waals surface area (Å²) in [5.41, 5.74) is -0.0885. The Morgan fingerprint density at radius 2 is 2.03 bits per heavy atom. The number of hydrogen-bond donors (Lipinski definition) is 1. The zero-order chi connectivity index (χ0) is 22.0. The molecule has 1 amide bonds. The summed E-state index contributed by atoms with van der Waals surface area (Å²) in [5.74, 6) is -1.51. The number of likely N-dealkylation sites (N-methyl/N-ethyl adjacent to an activating group) is 1. The van der Waals surface area contributed by atoms with Gasteiger partial charge in [-0.2, -0.15) is 0 Å². The number of amides is 1. The average molecular weight is 467 g/mol. The van der Waals surface area contributed by atoms with Crippen molar-refractivity contribution in [1.82, 2.24) is 9.62 Å². The Morgan fingerprint density at radius 3 is 2.55 bits per heavy atom. The van der Waals surface area contributed by atoms with Crippen molar-refractivity contribution in [3.8, 4) is 0 Å². The van der Waals surface area contributed by atoms with E-state index in [2.05, 4.69) is 4.72 Å². The number of halogens is 1. The lowest BCUT2D eigenvalue weighted by molar-refractivity contribution is -0.141. The minimum atomic E-state index is -3.89. The highest BCUT2D eigenvalue weighted by Gasteiger charge is 2.36. The molecule has 0 bridgehead atoms. The van der Waals surface area contributed by atoms with E-state index < -0.39 is 43.9 Å². The van der Waals surface area contributed by atoms with Crippen LogP contribution in [0, 0.1) is 0 Å². The standard InChI is InChI=1S/C17H23ClN2O7S2/c1-4-20(13-7-8-28(23,24)10-13)16(21)11(2)27-17(22)12-5-6-14(18)15(9-12)29(25,26)19-3/h5-6,9,11,13,19H,4,7-8,10H2,1-3H3/t11-,13-/m0/s1. The van der Waals surface area contributed by atoms with Gasteiger partial charge in [-0.25, -0.2) is 26.4 Å². The first kappa shape index (κ1) is 23.6. The maximum absolute atomic E-state index is 12.7. The second kappa shape index (κ2) is 8.99. The number of sulfonamides is 1. The monoisotopic (exact) mass is 466 g/mol. The molecular formula is C17H23ClN2O7S2. The molecule has 1 saturated heterocycles. The maximum Gasteiger partial charge on any atom is 0.338 e. The van der Waals surface area contributed by atoms with Crippen molar-refractivity contribution < 1.29 is 31.2 Å². The number of carbonyl (C=O) groups excluding carboxylic acids is 2. The van der Waals surface area contributed by atoms with Crippen LogP contribution in [-0.2, 0) is 29.4 Å². The number of ether oxygens (including phenoxy) is 1. The molecule has 1 N–H and O–H groups in total. The quantitative estimate of drug-likeness (QED) is 0.589. The lowest BCUT2D eigenvalue weighted by Gasteiger charge is -2.29. The van der Waals surface area contributed by atoms with Crippen LogP contribution in [0.1, 0.15) is 30.6 Å². The van der Waals surface area contributed by atoms with E-state index in [0.717, 1.165) is 6.07 Å². The van der Waals surface area contributed by atoms with Crippen LogP contribution in [0.4, 0.5) is 0 Å². The van der Waals surface area contributed by atoms with Crippen LogP contribution in [0.25, 0.3) is 0 Å². The van der Waals surface area contributed by atoms with Gasteiger partial charge in [0.25, 0.3) is 5.91 Å². The first-order chi connectivity index (χ1) is 13.4. The molecule has 29 heavy (non-hydrogen) atoms. The summed E-state index contributed by atoms with van der Waals surface area (Å²) in [7, 11) is -5.86. The number of hydrogen-bond acceptors (Lipinski definition) is 7. The third-order valence-electron chi connectivity index (χ3n) is 4.63. The summed E-state index contributed by atoms with van der Waals surface area (Å²) < 4.78 is 54.7. The summed E-state index contributed by atoms with van der Waals surface area (Å²) in [6.07, 6.45) is -0.837. The van der Waals surface area contributed by atoms with Crippen molar-refractivity contribution in [2.75, 3.05) is 25.1 Å². The molecule has 1 aromatic rings. The molecule has 1 aromatic carbocycles. The molecule has 0 unspecified atom stereocenters. The van der Waals surface area contributed by atoms with Crippen LogP contribution in [0.2, 0.25) is 5.02 Å². The molecule has 0 aromatic heterocycles. The number of benzene rings is 1. The Kier molecular flexibility index (Phi) is 7.31. The zero-order valence-electron chi connectivity index (χ0n) is 16.2. The molecule has 1 fully saturated rings. The Hall–Kier alpha value is -1.69. The van der Waals surface area contributed by atoms with Gasteiger partial charge in [0.15, 0.2) is 15.9 Å². The Bertz CT molecular complexity index is 1010. The van der Waals surface area contributed by atoms with Gasteiger partial charge in [0.05, 0.1) is 22.1 Å². The van der Waals surface area contributed by atoms with E-state index in [9.17, 15) is 26.4 Å². The van der Waals surface area contributed by atoms with Crippen LogP contribution in [0.3, 0.4) is 0 Å². The molecule has 2 rings (SSSR count). The molecule has 1 heterocycles. The van der Waals surface area contributed by atoms with E-state index in [1.165, 1.54) is 31.0 Å². The topological polar surface area (TPSA) is 127 Å². The fourth-order valence-corrected chi connectivity index (χ4v) is 6.05. The van der Waals surface area contributed by atoms with Gasteiger partial charge in [-0.05, 0) is 45.5 Å². The van der Waals surface area contributed by atoms with E-state index in [0.29, 0.717) is 6.42 Å². The predicted molar refractivity (Wildman–Crippen MR) is 107 cm³/mol. The van der Waals surface area contributed by atoms with Crippen molar-refractivity contribution >= 4 is 43.3 Å². The summed E-state index contributed by atoms with van der Waals surface area (Å²) in [6.45, 7) is 3.37. The minimum Gasteiger partial charge on any atom is -0.449 e. The lowest BCUT2D eigenvalue weighted by Crippen LogP contribution is -2.46. The Labute approximate surface area is 175 Å². The highest BCUT2D eigenvalue weighted by Crippen LogP contribution is 2.23. The fourth-order valence-electron chi connectivity index (χ4n) is 3.07. The van der Waals surface area contributed by atoms with E-state index >= 15 is 0 Å². The highest BCUT2D eigenvalue weighted by atomic mass is 35.5. The second-order valence-corrected chi connectivity index (χ2v) is 11.1. The number of esters is 1. The number of nitrogens with one attached hydrogen (secondary N) is 1. The van der Waals surface area contributed by atoms with Gasteiger partial charge in [-0.1, -0.05) is 11.6 Å². The molecule has 1 aliphatic heterocycles. The molecule has 162 valence electrons. The molecule has 0 aliphatic carbocycles. The van der Waals surface area contributed by atoms with Crippen molar-refractivity contribution in [1.29, 1.82) is 0 Å². The summed E-state index contributed by atoms with van der Waals surface area (Å²) in [5, 5.41) is -0.0698. The van der Waals surface area contributed by atoms with Crippen molar-refractivity contribution in [3.63, 3.8) is 0 Å². The normalized spacial score (nSPS) is 19.5. The van der Waals surface area contributed by atoms with E-state index in [-0.39, 0.29) is 33.5 Å². The highest BCUT2D eigenvalue weighted by molar-refractivity contribution is 7.91. The van der Waals surface area contributed by atoms with Crippen LogP contribution in [0.15, 0.2) is 23.1 Å². The van der Waals surface area contributed by atoms with E-state index in [4.69, 9.17) is 16.3 Å². The van der Waals surface area contributed by atoms with Crippen LogP contribution >= 0.6 is 11.6 Å². The predicted octanol–water partition coefficient (Wildman–Crippen LogP) is 0.829. The van der Waals surface area contributed by atoms with Crippen LogP contribution in [0.5, 0.6) is 0 Å². The van der Waals surface area contributed by atoms with Crippen LogP contribution in [-0.4, -0.2) is 70.9 Å². The fraction of sp³-hybridized carbons (Fsp3) is 0.529. The van der Waals surface area contributed by atoms with E-state index in [1.807, 2.05) is 0 Å². The minimum absolute atomic E-state index is 0.0170. The molecule has 1 aliphatic rings. The number of nitrogens with zero attached hydrogens (tertiary/aromatic N) is 1. The number of rotatable bonds is 7. The number of sulfone groups is 1. The van der Waals surface area contributed by atoms with Crippen LogP contribution < -0.4 is 4.72 Å². The molecule has 12 heteroatoms. The summed E-state index contributed by atoms with van der Waals surface area (Å²) >= 11 is 5.90. The lowest BCUT2D eigenvalue weighted by atomic mass is 10.2. The molecular weight excluding hydrogens is 444 g/mol. The van der Waals surface area contributed by atoms with Gasteiger partial charge in [0.1, 0.15) is 4.90 Å². The largest absolute Gasteiger partial charge is 0.449 e. The molecule has 9 nitrogen and oxygen atoms in total. The SMILES string of the molecule is CCN(C(=O)[C@H](C)OC(=O)c1ccc(Cl)c(S(=O)(=O)NC)c1)[C@H]1CCS(=O)(=O)C1. The Balaban J connectivity index is 2.16. The first-order valence-corrected chi connectivity index (χ1v) is 12.5. The third kappa shape index (κ3) is 5.47. The van der Waals surface area contributed by atoms with E-state index in [1.54, 1.807) is 6.92 Å². The molecule has 0 radical (unpaired) electrons. The van der Waals surface area contributed by atoms with Gasteiger partial charge < -0.3 is 9.64 Å². The average Bonchev–Trinajstić information content (AvgIpc) is 3.01. The zero-order valence-corrected chi connectivity index (χ0v) is 18.6. The third-order valence-corrected chi connectivity index (χ3v) is 8.28. The smallest absolute Gasteiger partial charge is 0.338 e. The Morgan fingerprint density at radius 1 is 1.38 bits per heavy atom. The molecule has 2 atom stereocenters. The first-order valence-electron chi connectivity index (χ1n) is 8.87. The summed E-state index contributed by atoms with van der Waals surface area (Å²) in [4.78, 5) is 26.2.